The van der Waals surface area contributed by atoms with Crippen LogP contribution in [0.1, 0.15) is 22.8 Å². The van der Waals surface area contributed by atoms with Gasteiger partial charge < -0.3 is 10.6 Å². The van der Waals surface area contributed by atoms with Crippen LogP contribution in [0.25, 0.3) is 0 Å². The molecule has 0 aliphatic carbocycles. The number of rotatable bonds is 6. The van der Waals surface area contributed by atoms with Crippen LogP contribution in [0.5, 0.6) is 0 Å². The SMILES string of the molecule is Cc1ccc(Sc2ccc(C(=O)N(C)C(C)CN)cc2[N+](=O)[O-])cc1.Cl. The second-order valence-electron chi connectivity index (χ2n) is 5.86. The summed E-state index contributed by atoms with van der Waals surface area (Å²) in [6.07, 6.45) is 0. The summed E-state index contributed by atoms with van der Waals surface area (Å²) >= 11 is 1.30. The van der Waals surface area contributed by atoms with Crippen molar-refractivity contribution in [3.63, 3.8) is 0 Å². The third kappa shape index (κ3) is 5.20. The summed E-state index contributed by atoms with van der Waals surface area (Å²) in [5.41, 5.74) is 6.91. The summed E-state index contributed by atoms with van der Waals surface area (Å²) in [5.74, 6) is -0.284. The van der Waals surface area contributed by atoms with Crippen LogP contribution in [0.4, 0.5) is 5.69 Å². The molecular formula is C18H22ClN3O3S. The number of carbonyl (C=O) groups is 1. The number of aryl methyl sites for hydroxylation is 1. The predicted octanol–water partition coefficient (Wildman–Crippen LogP) is 3.90. The summed E-state index contributed by atoms with van der Waals surface area (Å²) in [6, 6.07) is 12.2. The zero-order valence-electron chi connectivity index (χ0n) is 14.8. The molecule has 0 bridgehead atoms. The molecule has 0 saturated carbocycles. The lowest BCUT2D eigenvalue weighted by atomic mass is 10.1. The number of hydrogen-bond donors (Lipinski definition) is 1. The van der Waals surface area contributed by atoms with E-state index in [-0.39, 0.29) is 35.6 Å². The highest BCUT2D eigenvalue weighted by atomic mass is 35.5. The fourth-order valence-corrected chi connectivity index (χ4v) is 3.07. The standard InChI is InChI=1S/C18H21N3O3S.ClH/c1-12-4-7-15(8-5-12)25-17-9-6-14(10-16(17)21(23)24)18(22)20(3)13(2)11-19;/h4-10,13H,11,19H2,1-3H3;1H. The zero-order valence-corrected chi connectivity index (χ0v) is 16.5. The number of hydrogen-bond acceptors (Lipinski definition) is 5. The fourth-order valence-electron chi connectivity index (χ4n) is 2.17. The first kappa shape index (κ1) is 22.0. The van der Waals surface area contributed by atoms with E-state index in [9.17, 15) is 14.9 Å². The molecule has 0 saturated heterocycles. The van der Waals surface area contributed by atoms with E-state index in [0.717, 1.165) is 10.5 Å². The molecule has 1 unspecified atom stereocenters. The monoisotopic (exact) mass is 395 g/mol. The quantitative estimate of drug-likeness (QED) is 0.591. The summed E-state index contributed by atoms with van der Waals surface area (Å²) in [6.45, 7) is 4.13. The number of likely N-dealkylation sites (N-methyl/N-ethyl adjacent to an activating group) is 1. The van der Waals surface area contributed by atoms with Gasteiger partial charge in [0.1, 0.15) is 0 Å². The van der Waals surface area contributed by atoms with Crippen molar-refractivity contribution in [1.82, 2.24) is 4.90 Å². The molecule has 26 heavy (non-hydrogen) atoms. The first-order valence-corrected chi connectivity index (χ1v) is 8.65. The average molecular weight is 396 g/mol. The molecule has 1 atom stereocenters. The van der Waals surface area contributed by atoms with Gasteiger partial charge in [-0.3, -0.25) is 14.9 Å². The lowest BCUT2D eigenvalue weighted by molar-refractivity contribution is -0.387. The van der Waals surface area contributed by atoms with Crippen molar-refractivity contribution in [3.05, 3.63) is 63.7 Å². The van der Waals surface area contributed by atoms with Crippen LogP contribution < -0.4 is 5.73 Å². The molecule has 140 valence electrons. The third-order valence-electron chi connectivity index (χ3n) is 3.97. The normalized spacial score (nSPS) is 11.4. The largest absolute Gasteiger partial charge is 0.338 e. The molecule has 0 fully saturated rings. The van der Waals surface area contributed by atoms with E-state index in [1.807, 2.05) is 38.1 Å². The first-order chi connectivity index (χ1) is 11.8. The van der Waals surface area contributed by atoms with Crippen LogP contribution in [-0.4, -0.2) is 35.4 Å². The number of amides is 1. The lowest BCUT2D eigenvalue weighted by Crippen LogP contribution is -2.39. The van der Waals surface area contributed by atoms with Crippen molar-refractivity contribution in [1.29, 1.82) is 0 Å². The number of benzene rings is 2. The molecule has 0 heterocycles. The van der Waals surface area contributed by atoms with Crippen LogP contribution in [0.2, 0.25) is 0 Å². The summed E-state index contributed by atoms with van der Waals surface area (Å²) in [4.78, 5) is 26.4. The molecule has 2 N–H and O–H groups in total. The Bertz CT molecular complexity index is 784. The van der Waals surface area contributed by atoms with Gasteiger partial charge in [0, 0.05) is 36.2 Å². The number of nitro benzene ring substituents is 1. The minimum Gasteiger partial charge on any atom is -0.338 e. The Balaban J connectivity index is 0.00000338. The van der Waals surface area contributed by atoms with E-state index < -0.39 is 4.92 Å². The summed E-state index contributed by atoms with van der Waals surface area (Å²) in [5, 5.41) is 11.4. The highest BCUT2D eigenvalue weighted by Crippen LogP contribution is 2.35. The number of carbonyl (C=O) groups excluding carboxylic acids is 1. The van der Waals surface area contributed by atoms with Crippen molar-refractivity contribution in [2.24, 2.45) is 5.73 Å². The molecule has 0 aliphatic rings. The van der Waals surface area contributed by atoms with Crippen LogP contribution in [0, 0.1) is 17.0 Å². The Morgan fingerprint density at radius 3 is 2.42 bits per heavy atom. The molecule has 0 radical (unpaired) electrons. The minimum absolute atomic E-state index is 0. The van der Waals surface area contributed by atoms with Crippen LogP contribution in [0.15, 0.2) is 52.3 Å². The number of halogens is 1. The van der Waals surface area contributed by atoms with E-state index in [4.69, 9.17) is 5.73 Å². The van der Waals surface area contributed by atoms with Gasteiger partial charge in [0.05, 0.1) is 9.82 Å². The maximum atomic E-state index is 12.5. The van der Waals surface area contributed by atoms with E-state index in [1.165, 1.54) is 22.7 Å². The highest BCUT2D eigenvalue weighted by molar-refractivity contribution is 7.99. The zero-order chi connectivity index (χ0) is 18.6. The molecule has 8 heteroatoms. The van der Waals surface area contributed by atoms with Gasteiger partial charge in [-0.1, -0.05) is 29.5 Å². The van der Waals surface area contributed by atoms with Gasteiger partial charge in [0.25, 0.3) is 11.6 Å². The molecule has 2 aromatic carbocycles. The van der Waals surface area contributed by atoms with Crippen LogP contribution in [0.3, 0.4) is 0 Å². The Hall–Kier alpha value is -2.09. The van der Waals surface area contributed by atoms with Crippen molar-refractivity contribution < 1.29 is 9.72 Å². The molecular weight excluding hydrogens is 374 g/mol. The van der Waals surface area contributed by atoms with Gasteiger partial charge in [0.15, 0.2) is 0 Å². The van der Waals surface area contributed by atoms with Crippen molar-refractivity contribution in [3.8, 4) is 0 Å². The van der Waals surface area contributed by atoms with E-state index >= 15 is 0 Å². The average Bonchev–Trinajstić information content (AvgIpc) is 2.61. The smallest absolute Gasteiger partial charge is 0.284 e. The van der Waals surface area contributed by atoms with Crippen molar-refractivity contribution in [2.45, 2.75) is 29.7 Å². The van der Waals surface area contributed by atoms with Gasteiger partial charge in [-0.15, -0.1) is 12.4 Å². The Labute approximate surface area is 163 Å². The number of nitrogens with two attached hydrogens (primary N) is 1. The van der Waals surface area contributed by atoms with Crippen LogP contribution >= 0.6 is 24.2 Å². The molecule has 0 spiro atoms. The van der Waals surface area contributed by atoms with Gasteiger partial charge in [0.2, 0.25) is 0 Å². The fraction of sp³-hybridized carbons (Fsp3) is 0.278. The van der Waals surface area contributed by atoms with Gasteiger partial charge in [-0.25, -0.2) is 0 Å². The molecule has 2 rings (SSSR count). The summed E-state index contributed by atoms with van der Waals surface area (Å²) < 4.78 is 0. The molecule has 6 nitrogen and oxygen atoms in total. The van der Waals surface area contributed by atoms with Crippen molar-refractivity contribution in [2.75, 3.05) is 13.6 Å². The maximum absolute atomic E-state index is 12.5. The molecule has 2 aromatic rings. The Morgan fingerprint density at radius 1 is 1.27 bits per heavy atom. The topological polar surface area (TPSA) is 89.5 Å². The lowest BCUT2D eigenvalue weighted by Gasteiger charge is -2.23. The number of nitrogens with zero attached hydrogens (tertiary/aromatic N) is 2. The predicted molar refractivity (Wildman–Crippen MR) is 106 cm³/mol. The molecule has 0 aromatic heterocycles. The van der Waals surface area contributed by atoms with Crippen LogP contribution in [-0.2, 0) is 0 Å². The van der Waals surface area contributed by atoms with Gasteiger partial charge in [-0.2, -0.15) is 0 Å². The Kier molecular flexibility index (Phi) is 8.08. The molecule has 0 aliphatic heterocycles. The van der Waals surface area contributed by atoms with Gasteiger partial charge in [-0.05, 0) is 38.1 Å². The second kappa shape index (κ2) is 9.56. The van der Waals surface area contributed by atoms with E-state index in [0.29, 0.717) is 11.4 Å². The van der Waals surface area contributed by atoms with E-state index in [2.05, 4.69) is 0 Å². The summed E-state index contributed by atoms with van der Waals surface area (Å²) in [7, 11) is 1.64. The third-order valence-corrected chi connectivity index (χ3v) is 5.05. The second-order valence-corrected chi connectivity index (χ2v) is 6.97. The molecule has 1 amide bonds. The van der Waals surface area contributed by atoms with Crippen molar-refractivity contribution >= 4 is 35.8 Å². The Morgan fingerprint density at radius 2 is 1.88 bits per heavy atom. The van der Waals surface area contributed by atoms with E-state index in [1.54, 1.807) is 19.2 Å². The maximum Gasteiger partial charge on any atom is 0.284 e. The van der Waals surface area contributed by atoms with Gasteiger partial charge >= 0.3 is 0 Å². The first-order valence-electron chi connectivity index (χ1n) is 7.83. The number of nitro groups is 1. The minimum atomic E-state index is -0.459. The highest BCUT2D eigenvalue weighted by Gasteiger charge is 2.22.